The van der Waals surface area contributed by atoms with Crippen molar-refractivity contribution in [2.45, 2.75) is 12.5 Å². The van der Waals surface area contributed by atoms with Gasteiger partial charge >= 0.3 is 13.1 Å². The summed E-state index contributed by atoms with van der Waals surface area (Å²) in [4.78, 5) is 24.6. The third-order valence-corrected chi connectivity index (χ3v) is 4.36. The van der Waals surface area contributed by atoms with Crippen molar-refractivity contribution in [2.24, 2.45) is 0 Å². The highest BCUT2D eigenvalue weighted by atomic mass is 35.5. The van der Waals surface area contributed by atoms with Gasteiger partial charge in [0.1, 0.15) is 6.04 Å². The minimum Gasteiger partial charge on any atom is -0.467 e. The van der Waals surface area contributed by atoms with Crippen LogP contribution in [0.4, 0.5) is 0 Å². The van der Waals surface area contributed by atoms with Crippen LogP contribution in [0.1, 0.15) is 15.9 Å². The Labute approximate surface area is 163 Å². The summed E-state index contributed by atoms with van der Waals surface area (Å²) >= 11 is 6.05. The normalized spacial score (nSPS) is 11.6. The van der Waals surface area contributed by atoms with Crippen LogP contribution in [0.25, 0.3) is 0 Å². The van der Waals surface area contributed by atoms with Crippen LogP contribution < -0.4 is 10.8 Å². The van der Waals surface area contributed by atoms with Crippen LogP contribution in [0.2, 0.25) is 5.02 Å². The largest absolute Gasteiger partial charge is 0.493 e. The van der Waals surface area contributed by atoms with E-state index in [2.05, 4.69) is 5.32 Å². The molecule has 0 radical (unpaired) electrons. The lowest BCUT2D eigenvalue weighted by molar-refractivity contribution is -0.142. The molecule has 0 spiro atoms. The van der Waals surface area contributed by atoms with E-state index in [1.54, 1.807) is 38.5 Å². The first-order valence-corrected chi connectivity index (χ1v) is 8.65. The van der Waals surface area contributed by atoms with Gasteiger partial charge in [-0.05, 0) is 23.2 Å². The highest BCUT2D eigenvalue weighted by Crippen LogP contribution is 2.15. The predicted molar refractivity (Wildman–Crippen MR) is 104 cm³/mol. The van der Waals surface area contributed by atoms with Crippen molar-refractivity contribution in [3.05, 3.63) is 64.7 Å². The monoisotopic (exact) mass is 389 g/mol. The van der Waals surface area contributed by atoms with Crippen LogP contribution in [-0.4, -0.2) is 46.4 Å². The second-order valence-corrected chi connectivity index (χ2v) is 6.19. The van der Waals surface area contributed by atoms with Crippen LogP contribution in [-0.2, 0) is 25.3 Å². The van der Waals surface area contributed by atoms with E-state index in [9.17, 15) is 9.59 Å². The topological polar surface area (TPSA) is 73.9 Å². The van der Waals surface area contributed by atoms with Crippen LogP contribution in [0, 0.1) is 0 Å². The number of carbonyl (C=O) groups excluding carboxylic acids is 2. The Morgan fingerprint density at radius 2 is 1.67 bits per heavy atom. The predicted octanol–water partition coefficient (Wildman–Crippen LogP) is 1.84. The summed E-state index contributed by atoms with van der Waals surface area (Å²) < 4.78 is 15.2. The van der Waals surface area contributed by atoms with Gasteiger partial charge < -0.3 is 19.4 Å². The standard InChI is InChI=1S/C19H21BClNO5/c1-25-19(24)17(22-18(23)15-6-4-5-7-16(15)21)12-13-8-10-14(11-9-13)20(26-2)27-3/h4-11,17H,12H2,1-3H3,(H,22,23)/t17-/m1/s1. The van der Waals surface area contributed by atoms with E-state index in [-0.39, 0.29) is 6.42 Å². The van der Waals surface area contributed by atoms with Gasteiger partial charge in [-0.3, -0.25) is 4.79 Å². The van der Waals surface area contributed by atoms with Gasteiger partial charge in [-0.25, -0.2) is 4.79 Å². The lowest BCUT2D eigenvalue weighted by atomic mass is 9.78. The molecule has 1 atom stereocenters. The van der Waals surface area contributed by atoms with Gasteiger partial charge in [-0.2, -0.15) is 0 Å². The highest BCUT2D eigenvalue weighted by Gasteiger charge is 2.24. The molecule has 2 rings (SSSR count). The number of benzene rings is 2. The van der Waals surface area contributed by atoms with Gasteiger partial charge in [0.15, 0.2) is 0 Å². The van der Waals surface area contributed by atoms with E-state index in [1.807, 2.05) is 24.3 Å². The second kappa shape index (κ2) is 10.1. The van der Waals surface area contributed by atoms with Gasteiger partial charge in [0.25, 0.3) is 5.91 Å². The van der Waals surface area contributed by atoms with Crippen LogP contribution in [0.3, 0.4) is 0 Å². The number of hydrogen-bond acceptors (Lipinski definition) is 5. The van der Waals surface area contributed by atoms with Crippen molar-refractivity contribution in [3.8, 4) is 0 Å². The maximum atomic E-state index is 12.5. The molecule has 0 saturated heterocycles. The molecule has 2 aromatic rings. The molecule has 0 aromatic heterocycles. The molecule has 142 valence electrons. The van der Waals surface area contributed by atoms with Crippen molar-refractivity contribution < 1.29 is 23.6 Å². The van der Waals surface area contributed by atoms with E-state index in [0.717, 1.165) is 11.0 Å². The summed E-state index contributed by atoms with van der Waals surface area (Å²) in [6, 6.07) is 13.2. The maximum absolute atomic E-state index is 12.5. The quantitative estimate of drug-likeness (QED) is 0.551. The number of carbonyl (C=O) groups is 2. The second-order valence-electron chi connectivity index (χ2n) is 5.78. The molecule has 0 saturated carbocycles. The molecule has 0 aliphatic heterocycles. The summed E-state index contributed by atoms with van der Waals surface area (Å²) in [5.41, 5.74) is 1.99. The SMILES string of the molecule is COB(OC)c1ccc(C[C@@H](NC(=O)c2ccccc2Cl)C(=O)OC)cc1. The molecule has 0 aliphatic rings. The number of ether oxygens (including phenoxy) is 1. The molecule has 0 fully saturated rings. The smallest absolute Gasteiger partial charge is 0.467 e. The summed E-state index contributed by atoms with van der Waals surface area (Å²) in [5.74, 6) is -0.974. The molecular weight excluding hydrogens is 368 g/mol. The van der Waals surface area contributed by atoms with Crippen molar-refractivity contribution in [1.29, 1.82) is 0 Å². The van der Waals surface area contributed by atoms with E-state index in [1.165, 1.54) is 7.11 Å². The molecule has 1 amide bonds. The van der Waals surface area contributed by atoms with E-state index >= 15 is 0 Å². The first-order valence-electron chi connectivity index (χ1n) is 8.27. The lowest BCUT2D eigenvalue weighted by Crippen LogP contribution is -2.43. The van der Waals surface area contributed by atoms with Crippen molar-refractivity contribution >= 4 is 36.1 Å². The summed E-state index contributed by atoms with van der Waals surface area (Å²) in [6.07, 6.45) is 0.272. The van der Waals surface area contributed by atoms with Gasteiger partial charge in [0.05, 0.1) is 17.7 Å². The maximum Gasteiger partial charge on any atom is 0.493 e. The summed E-state index contributed by atoms with van der Waals surface area (Å²) in [6.45, 7) is 0. The first-order chi connectivity index (χ1) is 13.0. The molecule has 27 heavy (non-hydrogen) atoms. The van der Waals surface area contributed by atoms with Crippen molar-refractivity contribution in [1.82, 2.24) is 5.32 Å². The van der Waals surface area contributed by atoms with Crippen molar-refractivity contribution in [3.63, 3.8) is 0 Å². The molecular formula is C19H21BClNO5. The number of methoxy groups -OCH3 is 1. The molecule has 1 N–H and O–H groups in total. The average molecular weight is 390 g/mol. The highest BCUT2D eigenvalue weighted by molar-refractivity contribution is 6.61. The van der Waals surface area contributed by atoms with Gasteiger partial charge in [0.2, 0.25) is 0 Å². The van der Waals surface area contributed by atoms with E-state index < -0.39 is 25.0 Å². The van der Waals surface area contributed by atoms with E-state index in [4.69, 9.17) is 25.6 Å². The van der Waals surface area contributed by atoms with E-state index in [0.29, 0.717) is 10.6 Å². The molecule has 8 heteroatoms. The number of rotatable bonds is 8. The molecule has 0 bridgehead atoms. The fourth-order valence-corrected chi connectivity index (χ4v) is 2.85. The number of nitrogens with one attached hydrogen (secondary N) is 1. The third kappa shape index (κ3) is 5.56. The summed E-state index contributed by atoms with van der Waals surface area (Å²) in [7, 11) is 3.93. The number of halogens is 1. The lowest BCUT2D eigenvalue weighted by Gasteiger charge is -2.17. The number of amides is 1. The Kier molecular flexibility index (Phi) is 7.85. The zero-order chi connectivity index (χ0) is 19.8. The van der Waals surface area contributed by atoms with Crippen molar-refractivity contribution in [2.75, 3.05) is 21.3 Å². The van der Waals surface area contributed by atoms with Gasteiger partial charge in [0, 0.05) is 20.6 Å². The Morgan fingerprint density at radius 1 is 1.04 bits per heavy atom. The minimum absolute atomic E-state index is 0.272. The molecule has 2 aromatic carbocycles. The van der Waals surface area contributed by atoms with Gasteiger partial charge in [-0.15, -0.1) is 0 Å². The Bertz CT molecular complexity index is 780. The number of hydrogen-bond donors (Lipinski definition) is 1. The minimum atomic E-state index is -0.842. The third-order valence-electron chi connectivity index (χ3n) is 4.03. The Hall–Kier alpha value is -2.35. The fourth-order valence-electron chi connectivity index (χ4n) is 2.63. The summed E-state index contributed by atoms with van der Waals surface area (Å²) in [5, 5.41) is 3.00. The number of esters is 1. The van der Waals surface area contributed by atoms with Gasteiger partial charge in [-0.1, -0.05) is 48.0 Å². The van der Waals surface area contributed by atoms with Crippen LogP contribution in [0.15, 0.2) is 48.5 Å². The fraction of sp³-hybridized carbons (Fsp3) is 0.263. The zero-order valence-corrected chi connectivity index (χ0v) is 16.2. The Balaban J connectivity index is 2.14. The van der Waals surface area contributed by atoms with Crippen LogP contribution >= 0.6 is 11.6 Å². The zero-order valence-electron chi connectivity index (χ0n) is 15.4. The molecule has 6 nitrogen and oxygen atoms in total. The average Bonchev–Trinajstić information content (AvgIpc) is 2.69. The molecule has 0 unspecified atom stereocenters. The Morgan fingerprint density at radius 3 is 2.22 bits per heavy atom. The van der Waals surface area contributed by atoms with Crippen LogP contribution in [0.5, 0.6) is 0 Å². The first kappa shape index (κ1) is 21.0. The molecule has 0 aliphatic carbocycles. The molecule has 0 heterocycles.